The van der Waals surface area contributed by atoms with Crippen LogP contribution >= 0.6 is 22.9 Å². The number of nitrogens with one attached hydrogen (secondary N) is 1. The molecule has 16 heteroatoms. The maximum atomic E-state index is 13.8. The molecule has 2 aromatic rings. The van der Waals surface area contributed by atoms with E-state index in [0.29, 0.717) is 10.6 Å². The number of halogens is 2. The van der Waals surface area contributed by atoms with Gasteiger partial charge in [0.1, 0.15) is 17.9 Å². The summed E-state index contributed by atoms with van der Waals surface area (Å²) in [5, 5.41) is 5.29. The minimum atomic E-state index is -5.05. The first-order valence-electron chi connectivity index (χ1n) is 10.6. The number of benzene rings is 1. The van der Waals surface area contributed by atoms with Gasteiger partial charge in [-0.05, 0) is 12.1 Å². The fraction of sp³-hybridized carbons (Fsp3) is 0.333. The highest BCUT2D eigenvalue weighted by Crippen LogP contribution is 2.37. The number of aromatic nitrogens is 1. The van der Waals surface area contributed by atoms with Crippen molar-refractivity contribution < 1.29 is 40.6 Å². The van der Waals surface area contributed by atoms with E-state index in [2.05, 4.69) is 19.5 Å². The van der Waals surface area contributed by atoms with E-state index >= 15 is 0 Å². The number of hydrogen-bond acceptors (Lipinski definition) is 12. The lowest BCUT2D eigenvalue weighted by atomic mass is 9.95. The summed E-state index contributed by atoms with van der Waals surface area (Å²) in [5.74, 6) is -2.32. The number of morpholine rings is 1. The fourth-order valence-corrected chi connectivity index (χ4v) is 5.05. The van der Waals surface area contributed by atoms with Crippen molar-refractivity contribution in [1.29, 1.82) is 0 Å². The minimum absolute atomic E-state index is 0.0240. The van der Waals surface area contributed by atoms with Crippen LogP contribution in [0, 0.1) is 5.82 Å². The minimum Gasteiger partial charge on any atom is -0.466 e. The van der Waals surface area contributed by atoms with Crippen LogP contribution in [0.25, 0.3) is 0 Å². The molecule has 0 aliphatic carbocycles. The van der Waals surface area contributed by atoms with Gasteiger partial charge in [0, 0.05) is 40.9 Å². The molecule has 198 valence electrons. The molecule has 2 aliphatic heterocycles. The van der Waals surface area contributed by atoms with Crippen molar-refractivity contribution in [2.45, 2.75) is 12.1 Å². The van der Waals surface area contributed by atoms with Gasteiger partial charge >= 0.3 is 22.3 Å². The predicted molar refractivity (Wildman–Crippen MR) is 129 cm³/mol. The smallest absolute Gasteiger partial charge is 0.449 e. The number of esters is 1. The largest absolute Gasteiger partial charge is 0.466 e. The molecule has 0 radical (unpaired) electrons. The third-order valence-corrected chi connectivity index (χ3v) is 6.97. The molecule has 0 bridgehead atoms. The first-order valence-corrected chi connectivity index (χ1v) is 13.2. The Labute approximate surface area is 219 Å². The number of aliphatic imine (C=N–C) groups is 1. The van der Waals surface area contributed by atoms with E-state index < -0.39 is 40.2 Å². The van der Waals surface area contributed by atoms with Crippen molar-refractivity contribution in [3.05, 3.63) is 62.5 Å². The molecule has 2 atom stereocenters. The van der Waals surface area contributed by atoms with Crippen molar-refractivity contribution >= 4 is 51.1 Å². The van der Waals surface area contributed by atoms with E-state index in [1.807, 2.05) is 0 Å². The van der Waals surface area contributed by atoms with Gasteiger partial charge in [0.05, 0.1) is 25.9 Å². The van der Waals surface area contributed by atoms with E-state index in [0.717, 1.165) is 6.07 Å². The van der Waals surface area contributed by atoms with Gasteiger partial charge in [0.15, 0.2) is 10.8 Å². The van der Waals surface area contributed by atoms with Gasteiger partial charge in [0.2, 0.25) is 0 Å². The zero-order valence-electron chi connectivity index (χ0n) is 19.1. The Kier molecular flexibility index (Phi) is 8.20. The summed E-state index contributed by atoms with van der Waals surface area (Å²) in [5.41, 5.74) is 0.606. The van der Waals surface area contributed by atoms with Gasteiger partial charge in [-0.1, -0.05) is 17.7 Å². The summed E-state index contributed by atoms with van der Waals surface area (Å²) in [6, 6.07) is 1.42. The molecular formula is C21H20ClFN4O8S2. The van der Waals surface area contributed by atoms with E-state index in [1.165, 1.54) is 35.5 Å². The van der Waals surface area contributed by atoms with Crippen molar-refractivity contribution in [3.8, 4) is 0 Å². The molecule has 1 aromatic heterocycles. The molecule has 1 fully saturated rings. The standard InChI is InChI=1S/C21H20ClFN4O8S2/c1-33-21(29)16-14(9-27-5-6-34-10-15(27)20(28)35-37(30,31)32)25-18(19-24-4-7-36-19)26-17(16)12-3-2-11(23)8-13(12)22/h2-4,7-8,15,17H,5-6,9-10H2,1H3,(H,25,26)(H,30,31,32)/t15-,17-/m0/s1. The summed E-state index contributed by atoms with van der Waals surface area (Å²) < 4.78 is 59.4. The lowest BCUT2D eigenvalue weighted by Gasteiger charge is -2.36. The summed E-state index contributed by atoms with van der Waals surface area (Å²) in [4.78, 5) is 35.8. The predicted octanol–water partition coefficient (Wildman–Crippen LogP) is 1.50. The average molecular weight is 575 g/mol. The Morgan fingerprint density at radius 2 is 2.19 bits per heavy atom. The zero-order valence-corrected chi connectivity index (χ0v) is 21.5. The van der Waals surface area contributed by atoms with Crippen LogP contribution in [-0.4, -0.2) is 80.1 Å². The molecule has 2 N–H and O–H groups in total. The summed E-state index contributed by atoms with van der Waals surface area (Å²) in [6.07, 6.45) is 1.56. The van der Waals surface area contributed by atoms with Crippen LogP contribution in [-0.2, 0) is 33.6 Å². The van der Waals surface area contributed by atoms with Crippen molar-refractivity contribution in [2.24, 2.45) is 4.99 Å². The maximum absolute atomic E-state index is 13.8. The number of methoxy groups -OCH3 is 1. The van der Waals surface area contributed by atoms with E-state index in [4.69, 9.17) is 25.6 Å². The maximum Gasteiger partial charge on any atom is 0.449 e. The van der Waals surface area contributed by atoms with Gasteiger partial charge in [-0.25, -0.2) is 19.0 Å². The van der Waals surface area contributed by atoms with E-state index in [1.54, 1.807) is 11.6 Å². The van der Waals surface area contributed by atoms with Crippen LogP contribution in [0.5, 0.6) is 0 Å². The van der Waals surface area contributed by atoms with E-state index in [9.17, 15) is 22.4 Å². The zero-order chi connectivity index (χ0) is 26.7. The second kappa shape index (κ2) is 11.2. The molecule has 12 nitrogen and oxygen atoms in total. The summed E-state index contributed by atoms with van der Waals surface area (Å²) in [6.45, 7) is 0.00228. The van der Waals surface area contributed by atoms with Crippen LogP contribution in [0.15, 0.2) is 46.0 Å². The highest BCUT2D eigenvalue weighted by molar-refractivity contribution is 7.81. The number of thiazole rings is 1. The number of nitrogens with zero attached hydrogens (tertiary/aromatic N) is 3. The van der Waals surface area contributed by atoms with Gasteiger partial charge in [-0.3, -0.25) is 14.4 Å². The number of ether oxygens (including phenoxy) is 2. The quantitative estimate of drug-likeness (QED) is 0.365. The van der Waals surface area contributed by atoms with Gasteiger partial charge < -0.3 is 19.0 Å². The molecule has 1 aromatic carbocycles. The van der Waals surface area contributed by atoms with Crippen LogP contribution in [0.1, 0.15) is 16.6 Å². The number of carbonyl (C=O) groups excluding carboxylic acids is 2. The number of amidine groups is 1. The van der Waals surface area contributed by atoms with Crippen LogP contribution in [0.2, 0.25) is 5.02 Å². The number of carbonyl (C=O) groups is 2. The highest BCUT2D eigenvalue weighted by atomic mass is 35.5. The van der Waals surface area contributed by atoms with E-state index in [-0.39, 0.29) is 48.4 Å². The normalized spacial score (nSPS) is 20.7. The Morgan fingerprint density at radius 3 is 2.84 bits per heavy atom. The highest BCUT2D eigenvalue weighted by Gasteiger charge is 2.38. The molecule has 37 heavy (non-hydrogen) atoms. The molecule has 0 saturated carbocycles. The third kappa shape index (κ3) is 6.31. The lowest BCUT2D eigenvalue weighted by Crippen LogP contribution is -2.53. The molecule has 0 unspecified atom stereocenters. The number of hydrogen-bond donors (Lipinski definition) is 2. The Morgan fingerprint density at radius 1 is 1.41 bits per heavy atom. The molecule has 0 amide bonds. The average Bonchev–Trinajstić information content (AvgIpc) is 3.37. The first-order chi connectivity index (χ1) is 17.6. The van der Waals surface area contributed by atoms with Gasteiger partial charge in [-0.2, -0.15) is 8.42 Å². The molecular weight excluding hydrogens is 555 g/mol. The molecule has 3 heterocycles. The fourth-order valence-electron chi connectivity index (χ4n) is 3.87. The van der Waals surface area contributed by atoms with Crippen molar-refractivity contribution in [2.75, 3.05) is 33.4 Å². The summed E-state index contributed by atoms with van der Waals surface area (Å²) in [7, 11) is -3.88. The topological polar surface area (TPSA) is 157 Å². The molecule has 1 saturated heterocycles. The second-order valence-corrected chi connectivity index (χ2v) is 10.1. The van der Waals surface area contributed by atoms with Crippen LogP contribution in [0.3, 0.4) is 0 Å². The lowest BCUT2D eigenvalue weighted by molar-refractivity contribution is -0.146. The summed E-state index contributed by atoms with van der Waals surface area (Å²) >= 11 is 7.60. The van der Waals surface area contributed by atoms with Crippen LogP contribution in [0.4, 0.5) is 4.39 Å². The molecule has 2 aliphatic rings. The Hall–Kier alpha value is -2.95. The van der Waals surface area contributed by atoms with Crippen molar-refractivity contribution in [1.82, 2.24) is 15.2 Å². The molecule has 4 rings (SSSR count). The van der Waals surface area contributed by atoms with Crippen LogP contribution < -0.4 is 5.32 Å². The monoisotopic (exact) mass is 574 g/mol. The Bertz CT molecular complexity index is 1370. The molecule has 0 spiro atoms. The first kappa shape index (κ1) is 27.1. The second-order valence-electron chi connectivity index (χ2n) is 7.78. The van der Waals surface area contributed by atoms with Gasteiger partial charge in [-0.15, -0.1) is 11.3 Å². The Balaban J connectivity index is 1.79. The van der Waals surface area contributed by atoms with Gasteiger partial charge in [0.25, 0.3) is 0 Å². The SMILES string of the molecule is COC(=O)C1=C(CN2CCOC[C@H]2C(=O)OS(=O)(=O)O)NC(c2nccs2)=N[C@H]1c1ccc(F)cc1Cl. The third-order valence-electron chi connectivity index (χ3n) is 5.48. The van der Waals surface area contributed by atoms with Crippen molar-refractivity contribution in [3.63, 3.8) is 0 Å². The number of rotatable bonds is 7.